The zero-order chi connectivity index (χ0) is 15.0. The lowest BCUT2D eigenvalue weighted by molar-refractivity contribution is 0.782. The average molecular weight is 299 g/mol. The van der Waals surface area contributed by atoms with Crippen molar-refractivity contribution < 1.29 is 0 Å². The van der Waals surface area contributed by atoms with Crippen LogP contribution in [-0.2, 0) is 7.05 Å². The van der Waals surface area contributed by atoms with E-state index in [0.717, 1.165) is 33.0 Å². The first-order valence-electron chi connectivity index (χ1n) is 6.57. The lowest BCUT2D eigenvalue weighted by atomic mass is 10.0. The summed E-state index contributed by atoms with van der Waals surface area (Å²) in [6.07, 6.45) is 3.50. The first-order valence-corrected chi connectivity index (χ1v) is 6.95. The summed E-state index contributed by atoms with van der Waals surface area (Å²) in [5, 5.41) is 5.30. The predicted octanol–water partition coefficient (Wildman–Crippen LogP) is 3.69. The summed E-state index contributed by atoms with van der Waals surface area (Å²) in [4.78, 5) is 4.05. The van der Waals surface area contributed by atoms with Crippen LogP contribution in [0.15, 0.2) is 42.7 Å². The standard InChI is InChI=1S/C16H15ClN4/c1-10-9-12(3-4-13(10)17)15-14(16(18)21(2)20-15)11-5-7-19-8-6-11/h3-9H,18H2,1-2H3. The first kappa shape index (κ1) is 13.6. The highest BCUT2D eigenvalue weighted by molar-refractivity contribution is 6.31. The normalized spacial score (nSPS) is 10.8. The molecule has 2 aromatic heterocycles. The van der Waals surface area contributed by atoms with Gasteiger partial charge >= 0.3 is 0 Å². The Morgan fingerprint density at radius 3 is 2.48 bits per heavy atom. The second-order valence-corrected chi connectivity index (χ2v) is 5.34. The van der Waals surface area contributed by atoms with Crippen LogP contribution in [0.3, 0.4) is 0 Å². The Labute approximate surface area is 128 Å². The topological polar surface area (TPSA) is 56.7 Å². The molecule has 3 rings (SSSR count). The molecule has 0 spiro atoms. The fourth-order valence-corrected chi connectivity index (χ4v) is 2.45. The van der Waals surface area contributed by atoms with Crippen LogP contribution in [0.2, 0.25) is 5.02 Å². The lowest BCUT2D eigenvalue weighted by Gasteiger charge is -2.06. The van der Waals surface area contributed by atoms with Crippen LogP contribution in [0.1, 0.15) is 5.56 Å². The van der Waals surface area contributed by atoms with Gasteiger partial charge in [-0.3, -0.25) is 9.67 Å². The Morgan fingerprint density at radius 2 is 1.81 bits per heavy atom. The van der Waals surface area contributed by atoms with Crippen molar-refractivity contribution in [1.29, 1.82) is 0 Å². The Balaban J connectivity index is 2.24. The first-order chi connectivity index (χ1) is 10.1. The Bertz CT molecular complexity index is 794. The maximum Gasteiger partial charge on any atom is 0.129 e. The van der Waals surface area contributed by atoms with E-state index >= 15 is 0 Å². The number of nitrogens with two attached hydrogens (primary N) is 1. The van der Waals surface area contributed by atoms with Crippen LogP contribution >= 0.6 is 11.6 Å². The fraction of sp³-hybridized carbons (Fsp3) is 0.125. The van der Waals surface area contributed by atoms with E-state index in [0.29, 0.717) is 5.82 Å². The summed E-state index contributed by atoms with van der Waals surface area (Å²) in [5.41, 5.74) is 11.0. The number of pyridine rings is 1. The van der Waals surface area contributed by atoms with Gasteiger partial charge in [0.15, 0.2) is 0 Å². The van der Waals surface area contributed by atoms with Crippen molar-refractivity contribution in [2.45, 2.75) is 6.92 Å². The van der Waals surface area contributed by atoms with E-state index in [2.05, 4.69) is 10.1 Å². The molecule has 0 unspecified atom stereocenters. The van der Waals surface area contributed by atoms with Crippen LogP contribution in [0.25, 0.3) is 22.4 Å². The number of aryl methyl sites for hydroxylation is 2. The van der Waals surface area contributed by atoms with E-state index in [1.54, 1.807) is 17.1 Å². The minimum absolute atomic E-state index is 0.629. The second kappa shape index (κ2) is 5.22. The fourth-order valence-electron chi connectivity index (χ4n) is 2.33. The van der Waals surface area contributed by atoms with Gasteiger partial charge in [0, 0.05) is 30.0 Å². The van der Waals surface area contributed by atoms with Crippen LogP contribution in [0.5, 0.6) is 0 Å². The van der Waals surface area contributed by atoms with Gasteiger partial charge in [0.1, 0.15) is 11.5 Å². The molecule has 4 nitrogen and oxygen atoms in total. The molecule has 0 saturated heterocycles. The predicted molar refractivity (Wildman–Crippen MR) is 86.0 cm³/mol. The molecule has 106 valence electrons. The van der Waals surface area contributed by atoms with Gasteiger partial charge in [0.2, 0.25) is 0 Å². The van der Waals surface area contributed by atoms with Crippen LogP contribution in [0.4, 0.5) is 5.82 Å². The molecule has 5 heteroatoms. The monoisotopic (exact) mass is 298 g/mol. The molecule has 0 fully saturated rings. The molecule has 0 amide bonds. The largest absolute Gasteiger partial charge is 0.383 e. The zero-order valence-electron chi connectivity index (χ0n) is 11.8. The number of rotatable bonds is 2. The summed E-state index contributed by atoms with van der Waals surface area (Å²) in [6, 6.07) is 9.73. The highest BCUT2D eigenvalue weighted by Gasteiger charge is 2.17. The molecule has 0 atom stereocenters. The molecular weight excluding hydrogens is 284 g/mol. The second-order valence-electron chi connectivity index (χ2n) is 4.93. The molecule has 0 radical (unpaired) electrons. The van der Waals surface area contributed by atoms with Crippen LogP contribution < -0.4 is 5.73 Å². The van der Waals surface area contributed by atoms with Gasteiger partial charge in [-0.2, -0.15) is 5.10 Å². The number of nitrogens with zero attached hydrogens (tertiary/aromatic N) is 3. The van der Waals surface area contributed by atoms with Crippen molar-refractivity contribution in [2.24, 2.45) is 7.05 Å². The maximum absolute atomic E-state index is 6.19. The summed E-state index contributed by atoms with van der Waals surface area (Å²) >= 11 is 6.10. The van der Waals surface area contributed by atoms with Crippen LogP contribution in [-0.4, -0.2) is 14.8 Å². The highest BCUT2D eigenvalue weighted by atomic mass is 35.5. The van der Waals surface area contributed by atoms with Gasteiger partial charge in [-0.15, -0.1) is 0 Å². The molecule has 0 aliphatic rings. The number of halogens is 1. The third kappa shape index (κ3) is 2.38. The number of hydrogen-bond donors (Lipinski definition) is 1. The molecule has 21 heavy (non-hydrogen) atoms. The molecule has 2 N–H and O–H groups in total. The molecule has 0 saturated carbocycles. The minimum atomic E-state index is 0.629. The van der Waals surface area contributed by atoms with Crippen molar-refractivity contribution in [3.63, 3.8) is 0 Å². The van der Waals surface area contributed by atoms with Gasteiger partial charge in [-0.1, -0.05) is 17.7 Å². The Kier molecular flexibility index (Phi) is 3.39. The number of nitrogen functional groups attached to an aromatic ring is 1. The van der Waals surface area contributed by atoms with Gasteiger partial charge in [0.05, 0.1) is 5.56 Å². The summed E-state index contributed by atoms with van der Waals surface area (Å²) in [6.45, 7) is 1.98. The molecule has 0 aliphatic heterocycles. The van der Waals surface area contributed by atoms with E-state index in [1.807, 2.05) is 44.3 Å². The number of benzene rings is 1. The minimum Gasteiger partial charge on any atom is -0.383 e. The van der Waals surface area contributed by atoms with Gasteiger partial charge in [-0.05, 0) is 42.3 Å². The number of aromatic nitrogens is 3. The molecule has 0 bridgehead atoms. The summed E-state index contributed by atoms with van der Waals surface area (Å²) in [7, 11) is 1.84. The SMILES string of the molecule is Cc1cc(-c2nn(C)c(N)c2-c2ccncc2)ccc1Cl. The Morgan fingerprint density at radius 1 is 1.10 bits per heavy atom. The van der Waals surface area contributed by atoms with Crippen molar-refractivity contribution in [3.05, 3.63) is 53.3 Å². The molecule has 1 aromatic carbocycles. The summed E-state index contributed by atoms with van der Waals surface area (Å²) in [5.74, 6) is 0.629. The van der Waals surface area contributed by atoms with E-state index in [-0.39, 0.29) is 0 Å². The third-order valence-corrected chi connectivity index (χ3v) is 3.92. The van der Waals surface area contributed by atoms with Crippen molar-refractivity contribution >= 4 is 17.4 Å². The third-order valence-electron chi connectivity index (χ3n) is 3.49. The van der Waals surface area contributed by atoms with E-state index in [4.69, 9.17) is 17.3 Å². The van der Waals surface area contributed by atoms with Crippen LogP contribution in [0, 0.1) is 6.92 Å². The molecule has 0 aliphatic carbocycles. The molecule has 2 heterocycles. The molecule has 3 aromatic rings. The quantitative estimate of drug-likeness (QED) is 0.785. The zero-order valence-corrected chi connectivity index (χ0v) is 12.6. The average Bonchev–Trinajstić information content (AvgIpc) is 2.79. The van der Waals surface area contributed by atoms with E-state index in [1.165, 1.54) is 0 Å². The number of anilines is 1. The van der Waals surface area contributed by atoms with Crippen molar-refractivity contribution in [3.8, 4) is 22.4 Å². The van der Waals surface area contributed by atoms with Crippen molar-refractivity contribution in [2.75, 3.05) is 5.73 Å². The lowest BCUT2D eigenvalue weighted by Crippen LogP contribution is -1.97. The van der Waals surface area contributed by atoms with Gasteiger partial charge in [0.25, 0.3) is 0 Å². The molecular formula is C16H15ClN4. The van der Waals surface area contributed by atoms with Gasteiger partial charge in [-0.25, -0.2) is 0 Å². The smallest absolute Gasteiger partial charge is 0.129 e. The number of hydrogen-bond acceptors (Lipinski definition) is 3. The maximum atomic E-state index is 6.19. The Hall–Kier alpha value is -2.33. The van der Waals surface area contributed by atoms with Gasteiger partial charge < -0.3 is 5.73 Å². The van der Waals surface area contributed by atoms with E-state index < -0.39 is 0 Å². The van der Waals surface area contributed by atoms with Crippen molar-refractivity contribution in [1.82, 2.24) is 14.8 Å². The van der Waals surface area contributed by atoms with E-state index in [9.17, 15) is 0 Å². The summed E-state index contributed by atoms with van der Waals surface area (Å²) < 4.78 is 1.69. The highest BCUT2D eigenvalue weighted by Crippen LogP contribution is 2.36.